The molecule has 0 spiro atoms. The van der Waals surface area contributed by atoms with Gasteiger partial charge in [0.25, 0.3) is 0 Å². The van der Waals surface area contributed by atoms with E-state index in [9.17, 15) is 10.2 Å². The van der Waals surface area contributed by atoms with Gasteiger partial charge in [-0.15, -0.1) is 23.4 Å². The maximum Gasteiger partial charge on any atom is 0.141 e. The Morgan fingerprint density at radius 1 is 1.15 bits per heavy atom. The number of nitrogens with zero attached hydrogens (tertiary/aromatic N) is 1. The molecule has 5 rings (SSSR count). The van der Waals surface area contributed by atoms with Gasteiger partial charge in [0, 0.05) is 31.0 Å². The molecule has 0 aromatic carbocycles. The van der Waals surface area contributed by atoms with E-state index in [0.717, 1.165) is 25.8 Å². The van der Waals surface area contributed by atoms with E-state index >= 15 is 0 Å². The number of thioether (sulfide) groups is 1. The van der Waals surface area contributed by atoms with Gasteiger partial charge in [0.05, 0.1) is 23.1 Å². The third-order valence-corrected chi connectivity index (χ3v) is 8.84. The first-order valence-corrected chi connectivity index (χ1v) is 11.3. The summed E-state index contributed by atoms with van der Waals surface area (Å²) in [7, 11) is 0. The number of aliphatic hydroxyl groups excluding tert-OH is 2. The van der Waals surface area contributed by atoms with Crippen LogP contribution < -0.4 is 16.4 Å². The maximum atomic E-state index is 10.8. The van der Waals surface area contributed by atoms with Gasteiger partial charge in [0.1, 0.15) is 24.5 Å². The lowest BCUT2D eigenvalue weighted by Crippen LogP contribution is -2.64. The summed E-state index contributed by atoms with van der Waals surface area (Å²) in [5, 5.41) is 28.4. The molecular weight excluding hydrogens is 392 g/mol. The molecule has 5 fully saturated rings. The summed E-state index contributed by atoms with van der Waals surface area (Å²) < 4.78 is 12.4. The molecule has 0 saturated carbocycles. The molecule has 6 N–H and O–H groups in total. The molecule has 154 valence electrons. The van der Waals surface area contributed by atoms with Gasteiger partial charge in [0.2, 0.25) is 0 Å². The highest BCUT2D eigenvalue weighted by molar-refractivity contribution is 8.02. The highest BCUT2D eigenvalue weighted by Gasteiger charge is 2.56. The molecule has 8 nitrogen and oxygen atoms in total. The topological polar surface area (TPSA) is 112 Å². The number of likely N-dealkylation sites (tertiary alicyclic amines) is 1. The highest BCUT2D eigenvalue weighted by Crippen LogP contribution is 2.49. The fourth-order valence-corrected chi connectivity index (χ4v) is 7.65. The molecule has 0 amide bonds. The second kappa shape index (κ2) is 7.54. The van der Waals surface area contributed by atoms with Gasteiger partial charge in [-0.1, -0.05) is 0 Å². The Kier molecular flexibility index (Phi) is 5.38. The second-order valence-electron chi connectivity index (χ2n) is 8.35. The lowest BCUT2D eigenvalue weighted by atomic mass is 9.89. The SMILES string of the molecule is NC1NCNC2C1CCN2[C@@H]1O[C@H]([C@@H]2OCCC3CC(Cl)SC32)[C@@H](O)[C@H]1O. The van der Waals surface area contributed by atoms with E-state index in [0.29, 0.717) is 19.2 Å². The van der Waals surface area contributed by atoms with E-state index < -0.39 is 24.5 Å². The monoisotopic (exact) mass is 420 g/mol. The molecule has 0 bridgehead atoms. The van der Waals surface area contributed by atoms with Crippen molar-refractivity contribution >= 4 is 23.4 Å². The lowest BCUT2D eigenvalue weighted by molar-refractivity contribution is -0.148. The van der Waals surface area contributed by atoms with Crippen molar-refractivity contribution in [1.82, 2.24) is 15.5 Å². The molecule has 0 aliphatic carbocycles. The fraction of sp³-hybridized carbons (Fsp3) is 1.00. The summed E-state index contributed by atoms with van der Waals surface area (Å²) in [5.41, 5.74) is 6.19. The summed E-state index contributed by atoms with van der Waals surface area (Å²) in [4.78, 5) is 2.12. The second-order valence-corrected chi connectivity index (χ2v) is 10.5. The van der Waals surface area contributed by atoms with E-state index in [1.807, 2.05) is 0 Å². The number of nitrogens with two attached hydrogens (primary N) is 1. The normalized spacial score (nSPS) is 56.2. The number of halogens is 1. The minimum Gasteiger partial charge on any atom is -0.387 e. The third kappa shape index (κ3) is 3.24. The molecule has 0 radical (unpaired) electrons. The molecule has 11 atom stereocenters. The van der Waals surface area contributed by atoms with Crippen LogP contribution in [0.3, 0.4) is 0 Å². The van der Waals surface area contributed by atoms with Crippen LogP contribution in [0.15, 0.2) is 0 Å². The minimum atomic E-state index is -0.969. The molecule has 27 heavy (non-hydrogen) atoms. The Morgan fingerprint density at radius 3 is 2.85 bits per heavy atom. The summed E-state index contributed by atoms with van der Waals surface area (Å²) in [6, 6.07) is 0. The van der Waals surface area contributed by atoms with Crippen LogP contribution in [0.25, 0.3) is 0 Å². The van der Waals surface area contributed by atoms with Gasteiger partial charge in [-0.2, -0.15) is 0 Å². The molecular formula is C17H29ClN4O4S. The smallest absolute Gasteiger partial charge is 0.141 e. The predicted molar refractivity (Wildman–Crippen MR) is 102 cm³/mol. The van der Waals surface area contributed by atoms with Crippen LogP contribution in [0, 0.1) is 11.8 Å². The van der Waals surface area contributed by atoms with Crippen molar-refractivity contribution in [2.45, 2.75) is 72.2 Å². The van der Waals surface area contributed by atoms with Gasteiger partial charge < -0.3 is 25.4 Å². The van der Waals surface area contributed by atoms with Crippen molar-refractivity contribution in [1.29, 1.82) is 0 Å². The first-order chi connectivity index (χ1) is 13.0. The molecule has 5 aliphatic rings. The Labute approximate surface area is 168 Å². The zero-order chi connectivity index (χ0) is 18.7. The van der Waals surface area contributed by atoms with Crippen LogP contribution in [0.5, 0.6) is 0 Å². The minimum absolute atomic E-state index is 0.0416. The molecule has 5 aliphatic heterocycles. The van der Waals surface area contributed by atoms with E-state index in [4.69, 9.17) is 26.8 Å². The predicted octanol–water partition coefficient (Wildman–Crippen LogP) is -1.01. The largest absolute Gasteiger partial charge is 0.387 e. The number of hydrogen-bond donors (Lipinski definition) is 5. The van der Waals surface area contributed by atoms with Gasteiger partial charge >= 0.3 is 0 Å². The standard InChI is InChI=1S/C17H29ClN4O4S/c18-9-5-7-2-4-25-13(14(7)27-9)12-10(23)11(24)17(26-12)22-3-1-8-15(19)20-6-21-16(8)22/h7-17,20-21,23-24H,1-6,19H2/t7?,8?,9?,10-,11+,12-,13-,14?,15?,16?,17+/m0/s1. The van der Waals surface area contributed by atoms with Crippen molar-refractivity contribution in [3.63, 3.8) is 0 Å². The van der Waals surface area contributed by atoms with Gasteiger partial charge in [-0.3, -0.25) is 15.5 Å². The quantitative estimate of drug-likeness (QED) is 0.359. The van der Waals surface area contributed by atoms with E-state index in [1.165, 1.54) is 0 Å². The first-order valence-electron chi connectivity index (χ1n) is 9.95. The van der Waals surface area contributed by atoms with Crippen LogP contribution >= 0.6 is 23.4 Å². The lowest BCUT2D eigenvalue weighted by Gasteiger charge is -2.40. The summed E-state index contributed by atoms with van der Waals surface area (Å²) in [5.74, 6) is 0.743. The van der Waals surface area contributed by atoms with Crippen molar-refractivity contribution in [3.8, 4) is 0 Å². The molecule has 0 aromatic rings. The van der Waals surface area contributed by atoms with Gasteiger partial charge in [0.15, 0.2) is 0 Å². The Morgan fingerprint density at radius 2 is 2.00 bits per heavy atom. The molecule has 5 saturated heterocycles. The van der Waals surface area contributed by atoms with Crippen molar-refractivity contribution < 1.29 is 19.7 Å². The number of hydrogen-bond acceptors (Lipinski definition) is 9. The Bertz CT molecular complexity index is 565. The summed E-state index contributed by atoms with van der Waals surface area (Å²) >= 11 is 8.08. The molecule has 0 aromatic heterocycles. The van der Waals surface area contributed by atoms with Crippen molar-refractivity contribution in [3.05, 3.63) is 0 Å². The number of aliphatic hydroxyl groups is 2. The first kappa shape index (κ1) is 19.3. The van der Waals surface area contributed by atoms with Gasteiger partial charge in [-0.05, 0) is 25.2 Å². The fourth-order valence-electron chi connectivity index (χ4n) is 5.50. The van der Waals surface area contributed by atoms with Gasteiger partial charge in [-0.25, -0.2) is 0 Å². The number of nitrogens with one attached hydrogen (secondary N) is 2. The Hall–Kier alpha value is 0.320. The summed E-state index contributed by atoms with van der Waals surface area (Å²) in [6.07, 6.45) is -0.415. The highest BCUT2D eigenvalue weighted by atomic mass is 35.5. The van der Waals surface area contributed by atoms with Crippen molar-refractivity contribution in [2.24, 2.45) is 17.6 Å². The third-order valence-electron chi connectivity index (χ3n) is 6.90. The molecule has 6 unspecified atom stereocenters. The molecule has 10 heteroatoms. The summed E-state index contributed by atoms with van der Waals surface area (Å²) in [6.45, 7) is 2.05. The number of ether oxygens (including phenoxy) is 2. The van der Waals surface area contributed by atoms with E-state index in [1.54, 1.807) is 11.8 Å². The molecule has 5 heterocycles. The van der Waals surface area contributed by atoms with Crippen LogP contribution in [0.1, 0.15) is 19.3 Å². The maximum absolute atomic E-state index is 10.8. The van der Waals surface area contributed by atoms with E-state index in [2.05, 4.69) is 15.5 Å². The number of alkyl halides is 1. The van der Waals surface area contributed by atoms with Crippen LogP contribution in [-0.2, 0) is 9.47 Å². The van der Waals surface area contributed by atoms with Crippen LogP contribution in [-0.4, -0.2) is 87.9 Å². The number of fused-ring (bicyclic) bond motifs is 2. The average molecular weight is 421 g/mol. The average Bonchev–Trinajstić information content (AvgIpc) is 3.32. The Balaban J connectivity index is 1.32. The van der Waals surface area contributed by atoms with Crippen LogP contribution in [0.4, 0.5) is 0 Å². The van der Waals surface area contributed by atoms with Crippen molar-refractivity contribution in [2.75, 3.05) is 19.8 Å². The van der Waals surface area contributed by atoms with Crippen LogP contribution in [0.2, 0.25) is 0 Å². The zero-order valence-electron chi connectivity index (χ0n) is 15.1. The number of rotatable bonds is 2. The zero-order valence-corrected chi connectivity index (χ0v) is 16.7. The van der Waals surface area contributed by atoms with E-state index in [-0.39, 0.29) is 34.3 Å².